The maximum atomic E-state index is 6.25. The molecule has 0 amide bonds. The highest BCUT2D eigenvalue weighted by molar-refractivity contribution is 7.26. The third-order valence-electron chi connectivity index (χ3n) is 9.88. The summed E-state index contributed by atoms with van der Waals surface area (Å²) in [5.74, 6) is 2.76. The second-order valence-corrected chi connectivity index (χ2v) is 14.1. The molecular formula is C46H27N5OS. The molecule has 0 aliphatic carbocycles. The molecule has 0 aliphatic heterocycles. The first-order valence-corrected chi connectivity index (χ1v) is 18.3. The first-order chi connectivity index (χ1) is 26.3. The van der Waals surface area contributed by atoms with E-state index < -0.39 is 0 Å². The van der Waals surface area contributed by atoms with Crippen molar-refractivity contribution >= 4 is 64.5 Å². The zero-order valence-electron chi connectivity index (χ0n) is 28.1. The van der Waals surface area contributed by atoms with Crippen LogP contribution in [0.25, 0.3) is 104 Å². The molecule has 0 bridgehead atoms. The number of imidazole rings is 1. The molecule has 248 valence electrons. The molecule has 0 unspecified atom stereocenters. The Morgan fingerprint density at radius 2 is 1.15 bits per heavy atom. The Labute approximate surface area is 307 Å². The third kappa shape index (κ3) is 4.79. The van der Waals surface area contributed by atoms with Gasteiger partial charge in [-0.25, -0.2) is 19.9 Å². The topological polar surface area (TPSA) is 69.6 Å². The van der Waals surface area contributed by atoms with Gasteiger partial charge in [-0.2, -0.15) is 0 Å². The predicted octanol–water partition coefficient (Wildman–Crippen LogP) is 12.1. The van der Waals surface area contributed by atoms with Gasteiger partial charge in [-0.15, -0.1) is 11.3 Å². The Morgan fingerprint density at radius 1 is 0.472 bits per heavy atom. The van der Waals surface area contributed by atoms with Crippen molar-refractivity contribution in [3.63, 3.8) is 0 Å². The molecule has 0 saturated heterocycles. The van der Waals surface area contributed by atoms with E-state index in [0.717, 1.165) is 76.8 Å². The van der Waals surface area contributed by atoms with E-state index in [0.29, 0.717) is 17.5 Å². The number of hydrogen-bond acceptors (Lipinski definition) is 6. The van der Waals surface area contributed by atoms with Crippen LogP contribution in [0, 0.1) is 0 Å². The summed E-state index contributed by atoms with van der Waals surface area (Å²) >= 11 is 1.76. The maximum Gasteiger partial charge on any atom is 0.165 e. The zero-order chi connectivity index (χ0) is 34.9. The molecule has 11 rings (SSSR count). The van der Waals surface area contributed by atoms with Gasteiger partial charge in [0.1, 0.15) is 17.0 Å². The van der Waals surface area contributed by atoms with Gasteiger partial charge in [-0.3, -0.25) is 4.57 Å². The second kappa shape index (κ2) is 11.8. The molecule has 0 saturated carbocycles. The summed E-state index contributed by atoms with van der Waals surface area (Å²) < 4.78 is 10.8. The second-order valence-electron chi connectivity index (χ2n) is 13.0. The lowest BCUT2D eigenvalue weighted by atomic mass is 10.0. The lowest BCUT2D eigenvalue weighted by Gasteiger charge is -2.10. The fourth-order valence-electron chi connectivity index (χ4n) is 7.47. The van der Waals surface area contributed by atoms with E-state index in [2.05, 4.69) is 95.6 Å². The Balaban J connectivity index is 1.12. The van der Waals surface area contributed by atoms with Gasteiger partial charge >= 0.3 is 0 Å². The molecule has 4 heterocycles. The fraction of sp³-hybridized carbons (Fsp3) is 0. The van der Waals surface area contributed by atoms with E-state index in [4.69, 9.17) is 24.4 Å². The first kappa shape index (κ1) is 29.7. The lowest BCUT2D eigenvalue weighted by Crippen LogP contribution is -2.00. The molecule has 53 heavy (non-hydrogen) atoms. The van der Waals surface area contributed by atoms with E-state index in [1.807, 2.05) is 72.8 Å². The van der Waals surface area contributed by atoms with Crippen molar-refractivity contribution in [3.8, 4) is 51.2 Å². The summed E-state index contributed by atoms with van der Waals surface area (Å²) in [6, 6.07) is 56.2. The molecule has 0 radical (unpaired) electrons. The molecule has 7 aromatic carbocycles. The van der Waals surface area contributed by atoms with Crippen molar-refractivity contribution in [2.24, 2.45) is 0 Å². The molecule has 0 aliphatic rings. The van der Waals surface area contributed by atoms with Gasteiger partial charge in [-0.05, 0) is 60.7 Å². The van der Waals surface area contributed by atoms with Crippen LogP contribution in [0.3, 0.4) is 0 Å². The summed E-state index contributed by atoms with van der Waals surface area (Å²) in [6.45, 7) is 0. The molecule has 7 heteroatoms. The number of thiophene rings is 1. The fourth-order valence-corrected chi connectivity index (χ4v) is 8.66. The van der Waals surface area contributed by atoms with Gasteiger partial charge in [0.25, 0.3) is 0 Å². The Hall–Kier alpha value is -6.96. The number of benzene rings is 7. The standard InChI is InChI=1S/C46H27N5OS/c1-3-13-28(14-4-1)43-48-44(33-19-12-24-39-41(33)32-17-7-10-23-38(32)52-39)50-45(49-43)34-20-11-18-31-35-27-29(25-26-40(35)53-42(31)34)46-47-36-21-8-9-22-37(36)51(46)30-15-5-2-6-16-30/h1-27H. The maximum absolute atomic E-state index is 6.25. The molecule has 11 aromatic rings. The number of hydrogen-bond donors (Lipinski definition) is 0. The van der Waals surface area contributed by atoms with Crippen molar-refractivity contribution < 1.29 is 4.42 Å². The Bertz CT molecular complexity index is 3180. The van der Waals surface area contributed by atoms with Crippen molar-refractivity contribution in [1.82, 2.24) is 24.5 Å². The molecule has 0 spiro atoms. The molecular weight excluding hydrogens is 671 g/mol. The van der Waals surface area contributed by atoms with Crippen LogP contribution in [0.5, 0.6) is 0 Å². The highest BCUT2D eigenvalue weighted by Gasteiger charge is 2.21. The Morgan fingerprint density at radius 3 is 2.04 bits per heavy atom. The number of fused-ring (bicyclic) bond motifs is 7. The third-order valence-corrected chi connectivity index (χ3v) is 11.1. The summed E-state index contributed by atoms with van der Waals surface area (Å²) in [6.07, 6.45) is 0. The average molecular weight is 698 g/mol. The van der Waals surface area contributed by atoms with Crippen LogP contribution in [-0.2, 0) is 0 Å². The van der Waals surface area contributed by atoms with E-state index in [1.165, 1.54) is 10.1 Å². The largest absolute Gasteiger partial charge is 0.456 e. The van der Waals surface area contributed by atoms with E-state index in [-0.39, 0.29) is 0 Å². The van der Waals surface area contributed by atoms with Crippen LogP contribution in [-0.4, -0.2) is 24.5 Å². The number of para-hydroxylation sites is 4. The van der Waals surface area contributed by atoms with Gasteiger partial charge in [0.05, 0.1) is 11.0 Å². The SMILES string of the molecule is c1ccc(-c2nc(-c3cccc4c3sc3ccc(-c5nc6ccccc6n5-c5ccccc5)cc34)nc(-c3cccc4oc5ccccc5c34)n2)cc1. The molecule has 0 fully saturated rings. The van der Waals surface area contributed by atoms with E-state index >= 15 is 0 Å². The van der Waals surface area contributed by atoms with Gasteiger partial charge in [0.2, 0.25) is 0 Å². The summed E-state index contributed by atoms with van der Waals surface area (Å²) in [7, 11) is 0. The van der Waals surface area contributed by atoms with Crippen molar-refractivity contribution in [2.45, 2.75) is 0 Å². The van der Waals surface area contributed by atoms with Gasteiger partial charge in [0, 0.05) is 58.9 Å². The number of nitrogens with zero attached hydrogens (tertiary/aromatic N) is 5. The molecule has 6 nitrogen and oxygen atoms in total. The number of furan rings is 1. The van der Waals surface area contributed by atoms with Crippen molar-refractivity contribution in [2.75, 3.05) is 0 Å². The van der Waals surface area contributed by atoms with Crippen LogP contribution in [0.2, 0.25) is 0 Å². The Kier molecular flexibility index (Phi) is 6.62. The highest BCUT2D eigenvalue weighted by atomic mass is 32.1. The minimum absolute atomic E-state index is 0.603. The van der Waals surface area contributed by atoms with Crippen LogP contribution in [0.15, 0.2) is 168 Å². The number of aromatic nitrogens is 5. The van der Waals surface area contributed by atoms with E-state index in [1.54, 1.807) is 11.3 Å². The van der Waals surface area contributed by atoms with Crippen LogP contribution in [0.4, 0.5) is 0 Å². The highest BCUT2D eigenvalue weighted by Crippen LogP contribution is 2.42. The lowest BCUT2D eigenvalue weighted by molar-refractivity contribution is 0.669. The molecule has 4 aromatic heterocycles. The van der Waals surface area contributed by atoms with Crippen LogP contribution in [0.1, 0.15) is 0 Å². The van der Waals surface area contributed by atoms with Crippen molar-refractivity contribution in [1.29, 1.82) is 0 Å². The summed E-state index contributed by atoms with van der Waals surface area (Å²) in [5, 5.41) is 4.35. The quantitative estimate of drug-likeness (QED) is 0.179. The van der Waals surface area contributed by atoms with E-state index in [9.17, 15) is 0 Å². The monoisotopic (exact) mass is 697 g/mol. The predicted molar refractivity (Wildman–Crippen MR) is 216 cm³/mol. The van der Waals surface area contributed by atoms with Crippen LogP contribution < -0.4 is 0 Å². The number of rotatable bonds is 5. The molecule has 0 N–H and O–H groups in total. The van der Waals surface area contributed by atoms with Crippen molar-refractivity contribution in [3.05, 3.63) is 164 Å². The average Bonchev–Trinajstić information content (AvgIpc) is 3.92. The smallest absolute Gasteiger partial charge is 0.165 e. The van der Waals surface area contributed by atoms with Gasteiger partial charge < -0.3 is 4.42 Å². The first-order valence-electron chi connectivity index (χ1n) is 17.5. The minimum atomic E-state index is 0.603. The van der Waals surface area contributed by atoms with Gasteiger partial charge in [-0.1, -0.05) is 103 Å². The van der Waals surface area contributed by atoms with Crippen LogP contribution >= 0.6 is 11.3 Å². The minimum Gasteiger partial charge on any atom is -0.456 e. The zero-order valence-corrected chi connectivity index (χ0v) is 29.0. The normalized spacial score (nSPS) is 11.8. The summed E-state index contributed by atoms with van der Waals surface area (Å²) in [5.41, 5.74) is 8.60. The van der Waals surface area contributed by atoms with Gasteiger partial charge in [0.15, 0.2) is 17.5 Å². The molecule has 0 atom stereocenters. The summed E-state index contributed by atoms with van der Waals surface area (Å²) in [4.78, 5) is 20.6.